The van der Waals surface area contributed by atoms with Crippen molar-refractivity contribution < 1.29 is 14.6 Å². The van der Waals surface area contributed by atoms with E-state index in [0.29, 0.717) is 14.7 Å². The molecule has 6 aromatic rings. The third kappa shape index (κ3) is 4.69. The molecule has 194 valence electrons. The number of rotatable bonds is 6. The third-order valence-electron chi connectivity index (χ3n) is 7.03. The number of carbonyl (C=O) groups is 1. The Hall–Kier alpha value is -2.71. The van der Waals surface area contributed by atoms with Gasteiger partial charge in [-0.15, -0.1) is 11.3 Å². The number of thiophene rings is 1. The van der Waals surface area contributed by atoms with E-state index in [0.717, 1.165) is 31.9 Å². The monoisotopic (exact) mass is 722 g/mol. The van der Waals surface area contributed by atoms with Crippen molar-refractivity contribution in [1.29, 1.82) is 0 Å². The maximum Gasteiger partial charge on any atom is 0.345 e. The van der Waals surface area contributed by atoms with Crippen molar-refractivity contribution in [3.63, 3.8) is 0 Å². The molecule has 7 heteroatoms. The first kappa shape index (κ1) is 26.5. The first-order valence-electron chi connectivity index (χ1n) is 12.3. The van der Waals surface area contributed by atoms with E-state index in [2.05, 4.69) is 96.3 Å². The van der Waals surface area contributed by atoms with Crippen LogP contribution < -0.4 is 4.74 Å². The molecule has 0 aliphatic heterocycles. The molecule has 0 aliphatic carbocycles. The van der Waals surface area contributed by atoms with E-state index >= 15 is 0 Å². The van der Waals surface area contributed by atoms with Crippen molar-refractivity contribution in [2.75, 3.05) is 0 Å². The van der Waals surface area contributed by atoms with E-state index in [-0.39, 0.29) is 5.92 Å². The number of aliphatic carboxylic acids is 1. The molecule has 39 heavy (non-hydrogen) atoms. The fraction of sp³-hybridized carbons (Fsp3) is 0.0938. The lowest BCUT2D eigenvalue weighted by Gasteiger charge is -2.24. The van der Waals surface area contributed by atoms with Gasteiger partial charge in [0.25, 0.3) is 0 Å². The summed E-state index contributed by atoms with van der Waals surface area (Å²) in [5.41, 5.74) is 3.03. The molecule has 2 atom stereocenters. The predicted molar refractivity (Wildman–Crippen MR) is 172 cm³/mol. The highest BCUT2D eigenvalue weighted by atomic mass is 79.9. The molecule has 1 heterocycles. The van der Waals surface area contributed by atoms with Crippen LogP contribution in [0.25, 0.3) is 42.1 Å². The van der Waals surface area contributed by atoms with E-state index in [1.54, 1.807) is 11.3 Å². The molecule has 1 unspecified atom stereocenters. The summed E-state index contributed by atoms with van der Waals surface area (Å²) in [5, 5.41) is 14.7. The number of carboxylic acid groups (broad SMARTS) is 1. The molecule has 3 nitrogen and oxygen atoms in total. The standard InChI is InChI=1S/C32H21Br3O3S/c1-17(18-9-3-2-4-10-18)29(32(36)37)38-30-23(33)15-19(16-24(30)34)26-20-11-5-6-12-21(20)28(35)31-27(26)22-13-7-8-14-25(22)39-31/h2-17,29H,1H3,(H,36,37)/t17?,29-/m0/s1. The Morgan fingerprint density at radius 1 is 0.821 bits per heavy atom. The van der Waals surface area contributed by atoms with Crippen LogP contribution in [0.2, 0.25) is 0 Å². The van der Waals surface area contributed by atoms with Crippen molar-refractivity contribution in [3.8, 4) is 16.9 Å². The van der Waals surface area contributed by atoms with Crippen LogP contribution in [0.1, 0.15) is 18.4 Å². The number of carboxylic acids is 1. The summed E-state index contributed by atoms with van der Waals surface area (Å²) in [6, 6.07) is 30.5. The van der Waals surface area contributed by atoms with Crippen LogP contribution in [0.15, 0.2) is 104 Å². The lowest BCUT2D eigenvalue weighted by molar-refractivity contribution is -0.146. The van der Waals surface area contributed by atoms with E-state index in [1.807, 2.05) is 49.4 Å². The Labute approximate surface area is 254 Å². The van der Waals surface area contributed by atoms with E-state index in [9.17, 15) is 9.90 Å². The fourth-order valence-electron chi connectivity index (χ4n) is 5.14. The highest BCUT2D eigenvalue weighted by molar-refractivity contribution is 9.11. The SMILES string of the molecule is CC(c1ccccc1)[C@H](Oc1c(Br)cc(-c2c3ccccc3c(Br)c3sc4ccccc4c23)cc1Br)C(=O)O. The van der Waals surface area contributed by atoms with Gasteiger partial charge in [-0.05, 0) is 93.5 Å². The van der Waals surface area contributed by atoms with Crippen LogP contribution in [0.3, 0.4) is 0 Å². The molecular weight excluding hydrogens is 704 g/mol. The Balaban J connectivity index is 1.53. The summed E-state index contributed by atoms with van der Waals surface area (Å²) in [5.74, 6) is -0.907. The number of hydrogen-bond acceptors (Lipinski definition) is 3. The van der Waals surface area contributed by atoms with Gasteiger partial charge in [0.1, 0.15) is 5.75 Å². The van der Waals surface area contributed by atoms with Gasteiger partial charge in [0, 0.05) is 25.9 Å². The lowest BCUT2D eigenvalue weighted by Crippen LogP contribution is -2.32. The van der Waals surface area contributed by atoms with Crippen molar-refractivity contribution >= 4 is 96.0 Å². The molecule has 0 saturated heterocycles. The average molecular weight is 725 g/mol. The summed E-state index contributed by atoms with van der Waals surface area (Å²) in [6.45, 7) is 1.87. The van der Waals surface area contributed by atoms with Crippen molar-refractivity contribution in [2.24, 2.45) is 0 Å². The fourth-order valence-corrected chi connectivity index (χ4v) is 8.46. The number of halogens is 3. The Morgan fingerprint density at radius 2 is 1.41 bits per heavy atom. The maximum absolute atomic E-state index is 12.3. The largest absolute Gasteiger partial charge is 0.478 e. The molecule has 0 aliphatic rings. The summed E-state index contributed by atoms with van der Waals surface area (Å²) < 4.78 is 11.1. The minimum Gasteiger partial charge on any atom is -0.478 e. The second-order valence-corrected chi connectivity index (χ2v) is 12.9. The molecule has 1 N–H and O–H groups in total. The van der Waals surface area contributed by atoms with Crippen molar-refractivity contribution in [3.05, 3.63) is 110 Å². The molecule has 0 fully saturated rings. The van der Waals surface area contributed by atoms with Gasteiger partial charge in [-0.25, -0.2) is 4.79 Å². The zero-order valence-corrected chi connectivity index (χ0v) is 26.2. The quantitative estimate of drug-likeness (QED) is 0.186. The number of benzene rings is 5. The zero-order chi connectivity index (χ0) is 27.3. The number of hydrogen-bond donors (Lipinski definition) is 1. The molecule has 1 aromatic heterocycles. The molecule has 0 saturated carbocycles. The molecular formula is C32H21Br3O3S. The van der Waals surface area contributed by atoms with Gasteiger partial charge in [0.2, 0.25) is 6.10 Å². The first-order chi connectivity index (χ1) is 18.8. The molecule has 6 rings (SSSR count). The second-order valence-electron chi connectivity index (χ2n) is 9.38. The van der Waals surface area contributed by atoms with Gasteiger partial charge in [0.15, 0.2) is 0 Å². The molecule has 0 amide bonds. The van der Waals surface area contributed by atoms with Crippen LogP contribution >= 0.6 is 59.1 Å². The van der Waals surface area contributed by atoms with Gasteiger partial charge >= 0.3 is 5.97 Å². The molecule has 0 radical (unpaired) electrons. The summed E-state index contributed by atoms with van der Waals surface area (Å²) in [7, 11) is 0. The highest BCUT2D eigenvalue weighted by Crippen LogP contribution is 2.50. The van der Waals surface area contributed by atoms with E-state index in [1.165, 1.54) is 20.2 Å². The summed E-state index contributed by atoms with van der Waals surface area (Å²) in [4.78, 5) is 12.3. The van der Waals surface area contributed by atoms with E-state index in [4.69, 9.17) is 4.74 Å². The number of ether oxygens (including phenoxy) is 1. The smallest absolute Gasteiger partial charge is 0.345 e. The van der Waals surface area contributed by atoms with Gasteiger partial charge in [0.05, 0.1) is 13.6 Å². The number of fused-ring (bicyclic) bond motifs is 4. The Kier molecular flexibility index (Phi) is 7.27. The predicted octanol–water partition coefficient (Wildman–Crippen LogP) is 10.8. The van der Waals surface area contributed by atoms with Crippen LogP contribution in [0.5, 0.6) is 5.75 Å². The van der Waals surface area contributed by atoms with E-state index < -0.39 is 12.1 Å². The Bertz CT molecular complexity index is 1860. The molecule has 5 aromatic carbocycles. The van der Waals surface area contributed by atoms with Gasteiger partial charge < -0.3 is 9.84 Å². The average Bonchev–Trinajstić information content (AvgIpc) is 3.33. The summed E-state index contributed by atoms with van der Waals surface area (Å²) in [6.07, 6.45) is -1.06. The lowest BCUT2D eigenvalue weighted by atomic mass is 9.93. The van der Waals surface area contributed by atoms with Gasteiger partial charge in [-0.2, -0.15) is 0 Å². The van der Waals surface area contributed by atoms with Crippen LogP contribution in [0, 0.1) is 0 Å². The van der Waals surface area contributed by atoms with Crippen LogP contribution in [-0.2, 0) is 4.79 Å². The molecule has 0 bridgehead atoms. The normalized spacial score (nSPS) is 13.1. The van der Waals surface area contributed by atoms with Gasteiger partial charge in [-0.3, -0.25) is 0 Å². The van der Waals surface area contributed by atoms with Crippen molar-refractivity contribution in [1.82, 2.24) is 0 Å². The second kappa shape index (κ2) is 10.7. The highest BCUT2D eigenvalue weighted by Gasteiger charge is 2.30. The third-order valence-corrected chi connectivity index (χ3v) is 10.5. The van der Waals surface area contributed by atoms with Gasteiger partial charge in [-0.1, -0.05) is 79.7 Å². The first-order valence-corrected chi connectivity index (χ1v) is 15.5. The molecule has 0 spiro atoms. The topological polar surface area (TPSA) is 46.5 Å². The minimum absolute atomic E-state index is 0.352. The van der Waals surface area contributed by atoms with Crippen LogP contribution in [0.4, 0.5) is 0 Å². The minimum atomic E-state index is -1.06. The van der Waals surface area contributed by atoms with Crippen LogP contribution in [-0.4, -0.2) is 17.2 Å². The maximum atomic E-state index is 12.3. The summed E-state index contributed by atoms with van der Waals surface area (Å²) >= 11 is 13.1. The zero-order valence-electron chi connectivity index (χ0n) is 20.6. The van der Waals surface area contributed by atoms with Crippen molar-refractivity contribution in [2.45, 2.75) is 18.9 Å². The Morgan fingerprint density at radius 3 is 2.08 bits per heavy atom.